The first-order chi connectivity index (χ1) is 15.5. The Morgan fingerprint density at radius 2 is 1.81 bits per heavy atom. The molecule has 1 N–H and O–H groups in total. The van der Waals surface area contributed by atoms with E-state index in [9.17, 15) is 9.59 Å². The molecule has 2 aromatic carbocycles. The third-order valence-corrected chi connectivity index (χ3v) is 7.42. The van der Waals surface area contributed by atoms with E-state index in [0.717, 1.165) is 42.1 Å². The number of nitrogens with zero attached hydrogens (tertiary/aromatic N) is 2. The van der Waals surface area contributed by atoms with E-state index < -0.39 is 5.54 Å². The van der Waals surface area contributed by atoms with Crippen molar-refractivity contribution in [2.24, 2.45) is 0 Å². The van der Waals surface area contributed by atoms with Gasteiger partial charge in [0.1, 0.15) is 11.2 Å². The van der Waals surface area contributed by atoms with Crippen LogP contribution in [0.1, 0.15) is 55.1 Å². The second-order valence-electron chi connectivity index (χ2n) is 9.24. The van der Waals surface area contributed by atoms with Crippen LogP contribution in [0.25, 0.3) is 10.9 Å². The zero-order chi connectivity index (χ0) is 22.3. The molecular formula is C26H28ClN3O2. The predicted octanol–water partition coefficient (Wildman–Crippen LogP) is 5.16. The van der Waals surface area contributed by atoms with Crippen molar-refractivity contribution in [3.63, 3.8) is 0 Å². The van der Waals surface area contributed by atoms with Gasteiger partial charge in [-0.25, -0.2) is 0 Å². The summed E-state index contributed by atoms with van der Waals surface area (Å²) in [5.74, 6) is -0.234. The Balaban J connectivity index is 1.56. The van der Waals surface area contributed by atoms with E-state index in [1.165, 1.54) is 6.42 Å². The molecule has 0 saturated heterocycles. The van der Waals surface area contributed by atoms with Crippen molar-refractivity contribution in [2.75, 3.05) is 0 Å². The molecule has 32 heavy (non-hydrogen) atoms. The molecule has 1 aromatic heterocycles. The molecule has 5 rings (SSSR count). The van der Waals surface area contributed by atoms with Crippen molar-refractivity contribution in [2.45, 2.75) is 63.7 Å². The Morgan fingerprint density at radius 3 is 2.59 bits per heavy atom. The Hall–Kier alpha value is -2.79. The second kappa shape index (κ2) is 8.28. The zero-order valence-corrected chi connectivity index (χ0v) is 19.1. The Labute approximate surface area is 193 Å². The summed E-state index contributed by atoms with van der Waals surface area (Å²) in [6, 6.07) is 17.6. The molecule has 2 aliphatic rings. The van der Waals surface area contributed by atoms with Gasteiger partial charge in [0.25, 0.3) is 5.91 Å². The Bertz CT molecular complexity index is 1180. The van der Waals surface area contributed by atoms with Gasteiger partial charge in [0.2, 0.25) is 5.91 Å². The second-order valence-corrected chi connectivity index (χ2v) is 9.65. The molecular weight excluding hydrogens is 422 g/mol. The van der Waals surface area contributed by atoms with E-state index in [1.807, 2.05) is 66.1 Å². The number of amides is 2. The number of para-hydroxylation sites is 1. The van der Waals surface area contributed by atoms with Gasteiger partial charge in [-0.05, 0) is 43.5 Å². The highest BCUT2D eigenvalue weighted by molar-refractivity contribution is 6.31. The van der Waals surface area contributed by atoms with Crippen LogP contribution in [-0.2, 0) is 17.9 Å². The van der Waals surface area contributed by atoms with Crippen LogP contribution in [0, 0.1) is 0 Å². The van der Waals surface area contributed by atoms with Gasteiger partial charge in [0.15, 0.2) is 0 Å². The van der Waals surface area contributed by atoms with Crippen LogP contribution in [0.5, 0.6) is 0 Å². The average molecular weight is 450 g/mol. The van der Waals surface area contributed by atoms with Crippen LogP contribution in [-0.4, -0.2) is 32.9 Å². The normalized spacial score (nSPS) is 21.6. The first-order valence-electron chi connectivity index (χ1n) is 11.4. The third-order valence-electron chi connectivity index (χ3n) is 7.05. The average Bonchev–Trinajstić information content (AvgIpc) is 3.17. The van der Waals surface area contributed by atoms with Gasteiger partial charge in [0, 0.05) is 28.5 Å². The number of fused-ring (bicyclic) bond motifs is 3. The standard InChI is InChI=1S/C26H28ClN3O2/c1-26(25(32)28-20-11-3-2-4-12-20)17-29-22-14-8-6-9-18(22)15-23(29)24(31)30(26)16-19-10-5-7-13-21(19)27/h5-10,13-15,20H,2-4,11-12,16-17H2,1H3,(H,28,32)/t26-/m1/s1. The van der Waals surface area contributed by atoms with Crippen LogP contribution in [0.15, 0.2) is 54.6 Å². The summed E-state index contributed by atoms with van der Waals surface area (Å²) in [6.45, 7) is 2.58. The lowest BCUT2D eigenvalue weighted by atomic mass is 9.91. The number of aromatic nitrogens is 1. The van der Waals surface area contributed by atoms with Gasteiger partial charge in [-0.15, -0.1) is 0 Å². The molecule has 1 fully saturated rings. The summed E-state index contributed by atoms with van der Waals surface area (Å²) in [4.78, 5) is 29.2. The summed E-state index contributed by atoms with van der Waals surface area (Å²) >= 11 is 6.44. The number of rotatable bonds is 4. The molecule has 0 bridgehead atoms. The zero-order valence-electron chi connectivity index (χ0n) is 18.3. The number of carbonyl (C=O) groups is 2. The van der Waals surface area contributed by atoms with Gasteiger partial charge in [-0.2, -0.15) is 0 Å². The van der Waals surface area contributed by atoms with E-state index in [4.69, 9.17) is 11.6 Å². The molecule has 2 amide bonds. The van der Waals surface area contributed by atoms with Crippen molar-refractivity contribution in [3.8, 4) is 0 Å². The smallest absolute Gasteiger partial charge is 0.271 e. The lowest BCUT2D eigenvalue weighted by Gasteiger charge is -2.45. The molecule has 2 heterocycles. The van der Waals surface area contributed by atoms with Gasteiger partial charge in [0.05, 0.1) is 6.54 Å². The fraction of sp³-hybridized carbons (Fsp3) is 0.385. The van der Waals surface area contributed by atoms with Gasteiger partial charge in [-0.3, -0.25) is 9.59 Å². The van der Waals surface area contributed by atoms with Crippen molar-refractivity contribution >= 4 is 34.3 Å². The van der Waals surface area contributed by atoms with Crippen molar-refractivity contribution in [1.29, 1.82) is 0 Å². The van der Waals surface area contributed by atoms with Gasteiger partial charge < -0.3 is 14.8 Å². The van der Waals surface area contributed by atoms with Crippen molar-refractivity contribution in [1.82, 2.24) is 14.8 Å². The summed E-state index contributed by atoms with van der Waals surface area (Å²) in [6.07, 6.45) is 5.49. The molecule has 1 aliphatic heterocycles. The molecule has 6 heteroatoms. The highest BCUT2D eigenvalue weighted by Crippen LogP contribution is 2.34. The lowest BCUT2D eigenvalue weighted by molar-refractivity contribution is -0.134. The number of carbonyl (C=O) groups excluding carboxylic acids is 2. The summed E-state index contributed by atoms with van der Waals surface area (Å²) in [5.41, 5.74) is 1.40. The van der Waals surface area contributed by atoms with Crippen LogP contribution >= 0.6 is 11.6 Å². The topological polar surface area (TPSA) is 54.3 Å². The number of benzene rings is 2. The van der Waals surface area contributed by atoms with E-state index in [2.05, 4.69) is 5.32 Å². The van der Waals surface area contributed by atoms with Crippen LogP contribution in [0.4, 0.5) is 0 Å². The number of hydrogen-bond donors (Lipinski definition) is 1. The van der Waals surface area contributed by atoms with Crippen molar-refractivity contribution in [3.05, 3.63) is 70.9 Å². The fourth-order valence-electron chi connectivity index (χ4n) is 5.14. The fourth-order valence-corrected chi connectivity index (χ4v) is 5.33. The maximum absolute atomic E-state index is 13.8. The first kappa shape index (κ1) is 21.1. The molecule has 0 radical (unpaired) electrons. The SMILES string of the molecule is C[C@]1(C(=O)NC2CCCCC2)Cn2c(cc3ccccc32)C(=O)N1Cc1ccccc1Cl. The largest absolute Gasteiger partial charge is 0.351 e. The van der Waals surface area contributed by atoms with Crippen molar-refractivity contribution < 1.29 is 9.59 Å². The molecule has 5 nitrogen and oxygen atoms in total. The molecule has 3 aromatic rings. The lowest BCUT2D eigenvalue weighted by Crippen LogP contribution is -2.64. The van der Waals surface area contributed by atoms with Gasteiger partial charge >= 0.3 is 0 Å². The molecule has 0 spiro atoms. The molecule has 0 unspecified atom stereocenters. The number of nitrogens with one attached hydrogen (secondary N) is 1. The Kier molecular flexibility index (Phi) is 5.46. The number of hydrogen-bond acceptors (Lipinski definition) is 2. The minimum Gasteiger partial charge on any atom is -0.351 e. The molecule has 1 atom stereocenters. The van der Waals surface area contributed by atoms with E-state index in [-0.39, 0.29) is 24.4 Å². The Morgan fingerprint density at radius 1 is 1.09 bits per heavy atom. The minimum atomic E-state index is -1.03. The quantitative estimate of drug-likeness (QED) is 0.598. The maximum atomic E-state index is 13.8. The highest BCUT2D eigenvalue weighted by atomic mass is 35.5. The predicted molar refractivity (Wildman–Crippen MR) is 127 cm³/mol. The van der Waals surface area contributed by atoms with E-state index >= 15 is 0 Å². The molecule has 166 valence electrons. The summed E-state index contributed by atoms with van der Waals surface area (Å²) in [5, 5.41) is 4.88. The van der Waals surface area contributed by atoms with Crippen LogP contribution < -0.4 is 5.32 Å². The van der Waals surface area contributed by atoms with E-state index in [0.29, 0.717) is 17.3 Å². The number of halogens is 1. The molecule has 1 saturated carbocycles. The third kappa shape index (κ3) is 3.58. The first-order valence-corrected chi connectivity index (χ1v) is 11.8. The highest BCUT2D eigenvalue weighted by Gasteiger charge is 2.48. The summed E-state index contributed by atoms with van der Waals surface area (Å²) < 4.78 is 2.00. The van der Waals surface area contributed by atoms with Crippen LogP contribution in [0.3, 0.4) is 0 Å². The monoisotopic (exact) mass is 449 g/mol. The minimum absolute atomic E-state index is 0.0896. The molecule has 1 aliphatic carbocycles. The van der Waals surface area contributed by atoms with Gasteiger partial charge in [-0.1, -0.05) is 67.3 Å². The maximum Gasteiger partial charge on any atom is 0.271 e. The summed E-state index contributed by atoms with van der Waals surface area (Å²) in [7, 11) is 0. The van der Waals surface area contributed by atoms with E-state index in [1.54, 1.807) is 4.90 Å². The van der Waals surface area contributed by atoms with Crippen LogP contribution in [0.2, 0.25) is 5.02 Å².